The van der Waals surface area contributed by atoms with Crippen LogP contribution in [0.15, 0.2) is 23.3 Å². The Hall–Kier alpha value is -2.00. The van der Waals surface area contributed by atoms with Crippen molar-refractivity contribution in [3.63, 3.8) is 0 Å². The summed E-state index contributed by atoms with van der Waals surface area (Å²) in [6, 6.07) is 3.80. The van der Waals surface area contributed by atoms with Gasteiger partial charge in [-0.05, 0) is 12.1 Å². The highest BCUT2D eigenvalue weighted by Crippen LogP contribution is 2.26. The smallest absolute Gasteiger partial charge is 0.311 e. The Morgan fingerprint density at radius 1 is 1.58 bits per heavy atom. The van der Waals surface area contributed by atoms with Crippen LogP contribution in [0.25, 0.3) is 0 Å². The average molecular weight is 297 g/mol. The second-order valence-corrected chi connectivity index (χ2v) is 5.12. The molecule has 7 nitrogen and oxygen atoms in total. The SMILES string of the molecule is O=C1CSC(=S)N1/N=C/c1ccc(O)c([N+](=O)[O-])c1. The number of nitrogens with zero attached hydrogens (tertiary/aromatic N) is 3. The molecular formula is C10H7N3O4S2. The molecule has 1 fully saturated rings. The molecule has 0 aliphatic carbocycles. The molecule has 2 rings (SSSR count). The number of thioether (sulfide) groups is 1. The van der Waals surface area contributed by atoms with Gasteiger partial charge in [-0.3, -0.25) is 14.9 Å². The molecule has 1 saturated heterocycles. The molecule has 1 aromatic rings. The van der Waals surface area contributed by atoms with Crippen molar-refractivity contribution in [1.82, 2.24) is 5.01 Å². The van der Waals surface area contributed by atoms with E-state index in [9.17, 15) is 20.0 Å². The normalized spacial score (nSPS) is 15.5. The van der Waals surface area contributed by atoms with Gasteiger partial charge in [0.25, 0.3) is 5.91 Å². The third kappa shape index (κ3) is 2.88. The van der Waals surface area contributed by atoms with Crippen LogP contribution in [0.1, 0.15) is 5.56 Å². The quantitative estimate of drug-likeness (QED) is 0.393. The fourth-order valence-electron chi connectivity index (χ4n) is 1.35. The summed E-state index contributed by atoms with van der Waals surface area (Å²) in [4.78, 5) is 21.3. The van der Waals surface area contributed by atoms with Gasteiger partial charge in [-0.25, -0.2) is 0 Å². The summed E-state index contributed by atoms with van der Waals surface area (Å²) in [6.07, 6.45) is 1.28. The number of phenolic OH excluding ortho intramolecular Hbond substituents is 1. The Bertz CT molecular complexity index is 586. The minimum Gasteiger partial charge on any atom is -0.502 e. The number of aromatic hydroxyl groups is 1. The minimum absolute atomic E-state index is 0.237. The van der Waals surface area contributed by atoms with Crippen molar-refractivity contribution in [3.8, 4) is 5.75 Å². The number of phenols is 1. The second-order valence-electron chi connectivity index (χ2n) is 3.51. The zero-order valence-electron chi connectivity index (χ0n) is 9.35. The summed E-state index contributed by atoms with van der Waals surface area (Å²) in [6.45, 7) is 0. The Morgan fingerprint density at radius 2 is 2.32 bits per heavy atom. The van der Waals surface area contributed by atoms with Crippen molar-refractivity contribution in [2.45, 2.75) is 0 Å². The minimum atomic E-state index is -0.700. The second kappa shape index (κ2) is 5.33. The summed E-state index contributed by atoms with van der Waals surface area (Å²) < 4.78 is 0.342. The molecule has 0 atom stereocenters. The van der Waals surface area contributed by atoms with Gasteiger partial charge >= 0.3 is 5.69 Å². The number of hydrogen-bond acceptors (Lipinski definition) is 7. The largest absolute Gasteiger partial charge is 0.502 e. The van der Waals surface area contributed by atoms with E-state index >= 15 is 0 Å². The molecule has 1 aromatic carbocycles. The van der Waals surface area contributed by atoms with Gasteiger partial charge in [0.1, 0.15) is 0 Å². The van der Waals surface area contributed by atoms with E-state index in [0.717, 1.165) is 11.1 Å². The number of benzene rings is 1. The van der Waals surface area contributed by atoms with Crippen molar-refractivity contribution >= 4 is 46.1 Å². The first-order valence-electron chi connectivity index (χ1n) is 5.00. The standard InChI is InChI=1S/C10H7N3O4S2/c14-8-2-1-6(3-7(8)13(16)17)4-11-12-9(15)5-19-10(12)18/h1-4,14H,5H2/b11-4+. The van der Waals surface area contributed by atoms with Crippen LogP contribution in [0.4, 0.5) is 5.69 Å². The molecular weight excluding hydrogens is 290 g/mol. The molecule has 0 aromatic heterocycles. The predicted molar refractivity (Wildman–Crippen MR) is 74.3 cm³/mol. The number of carbonyl (C=O) groups excluding carboxylic acids is 1. The maximum Gasteiger partial charge on any atom is 0.311 e. The lowest BCUT2D eigenvalue weighted by molar-refractivity contribution is -0.385. The third-order valence-corrected chi connectivity index (χ3v) is 3.58. The first-order valence-corrected chi connectivity index (χ1v) is 6.39. The summed E-state index contributed by atoms with van der Waals surface area (Å²) >= 11 is 6.13. The van der Waals surface area contributed by atoms with Crippen molar-refractivity contribution in [3.05, 3.63) is 33.9 Å². The van der Waals surface area contributed by atoms with E-state index in [-0.39, 0.29) is 11.7 Å². The van der Waals surface area contributed by atoms with Crippen molar-refractivity contribution in [1.29, 1.82) is 0 Å². The summed E-state index contributed by atoms with van der Waals surface area (Å²) in [5, 5.41) is 24.9. The molecule has 0 unspecified atom stereocenters. The molecule has 0 spiro atoms. The molecule has 1 aliphatic rings. The van der Waals surface area contributed by atoms with Gasteiger partial charge in [-0.2, -0.15) is 10.1 Å². The number of nitro benzene ring substituents is 1. The number of hydrogen-bond donors (Lipinski definition) is 1. The van der Waals surface area contributed by atoms with Crippen LogP contribution < -0.4 is 0 Å². The number of nitro groups is 1. The van der Waals surface area contributed by atoms with Crippen LogP contribution in [0.2, 0.25) is 0 Å². The summed E-state index contributed by atoms with van der Waals surface area (Å²) in [7, 11) is 0. The van der Waals surface area contributed by atoms with Crippen molar-refractivity contribution in [2.24, 2.45) is 5.10 Å². The van der Waals surface area contributed by atoms with Gasteiger partial charge in [0.15, 0.2) is 10.1 Å². The molecule has 0 radical (unpaired) electrons. The lowest BCUT2D eigenvalue weighted by Gasteiger charge is -2.06. The van der Waals surface area contributed by atoms with Gasteiger partial charge in [0.2, 0.25) is 0 Å². The fourth-order valence-corrected chi connectivity index (χ4v) is 2.32. The van der Waals surface area contributed by atoms with Crippen molar-refractivity contribution in [2.75, 3.05) is 5.75 Å². The molecule has 1 aliphatic heterocycles. The number of thiocarbonyl (C=S) groups is 1. The zero-order chi connectivity index (χ0) is 14.0. The first-order chi connectivity index (χ1) is 8.99. The zero-order valence-corrected chi connectivity index (χ0v) is 11.0. The van der Waals surface area contributed by atoms with E-state index in [1.807, 2.05) is 0 Å². The number of amides is 1. The molecule has 19 heavy (non-hydrogen) atoms. The molecule has 0 saturated carbocycles. The van der Waals surface area contributed by atoms with Crippen LogP contribution in [-0.2, 0) is 4.79 Å². The topological polar surface area (TPSA) is 96.0 Å². The molecule has 9 heteroatoms. The third-order valence-electron chi connectivity index (χ3n) is 2.25. The monoisotopic (exact) mass is 297 g/mol. The van der Waals surface area contributed by atoms with Crippen LogP contribution in [0, 0.1) is 10.1 Å². The number of rotatable bonds is 3. The highest BCUT2D eigenvalue weighted by Gasteiger charge is 2.26. The Kier molecular flexibility index (Phi) is 3.76. The van der Waals surface area contributed by atoms with Crippen LogP contribution in [-0.4, -0.2) is 37.2 Å². The maximum absolute atomic E-state index is 11.4. The van der Waals surface area contributed by atoms with Crippen LogP contribution in [0.3, 0.4) is 0 Å². The molecule has 1 heterocycles. The molecule has 1 amide bonds. The fraction of sp³-hybridized carbons (Fsp3) is 0.100. The van der Waals surface area contributed by atoms with Gasteiger partial charge in [-0.1, -0.05) is 24.0 Å². The van der Waals surface area contributed by atoms with Crippen LogP contribution in [0.5, 0.6) is 5.75 Å². The van der Waals surface area contributed by atoms with Crippen molar-refractivity contribution < 1.29 is 14.8 Å². The summed E-state index contributed by atoms with van der Waals surface area (Å²) in [5.74, 6) is -0.420. The predicted octanol–water partition coefficient (Wildman–Crippen LogP) is 1.49. The molecule has 0 bridgehead atoms. The lowest BCUT2D eigenvalue weighted by atomic mass is 10.2. The highest BCUT2D eigenvalue weighted by molar-refractivity contribution is 8.23. The maximum atomic E-state index is 11.4. The Morgan fingerprint density at radius 3 is 2.89 bits per heavy atom. The van der Waals surface area contributed by atoms with E-state index in [1.54, 1.807) is 0 Å². The molecule has 98 valence electrons. The lowest BCUT2D eigenvalue weighted by Crippen LogP contribution is -2.22. The van der Waals surface area contributed by atoms with Gasteiger partial charge in [-0.15, -0.1) is 0 Å². The Labute approximate surface area is 117 Å². The van der Waals surface area contributed by atoms with E-state index in [2.05, 4.69) is 5.10 Å². The van der Waals surface area contributed by atoms with Gasteiger partial charge in [0, 0.05) is 11.6 Å². The Balaban J connectivity index is 2.24. The average Bonchev–Trinajstić information content (AvgIpc) is 2.68. The van der Waals surface area contributed by atoms with E-state index in [4.69, 9.17) is 12.2 Å². The summed E-state index contributed by atoms with van der Waals surface area (Å²) in [5.41, 5.74) is -0.0364. The highest BCUT2D eigenvalue weighted by atomic mass is 32.2. The first kappa shape index (κ1) is 13.4. The van der Waals surface area contributed by atoms with E-state index < -0.39 is 16.4 Å². The number of carbonyl (C=O) groups is 1. The van der Waals surface area contributed by atoms with E-state index in [1.165, 1.54) is 30.1 Å². The van der Waals surface area contributed by atoms with Gasteiger partial charge in [0.05, 0.1) is 16.9 Å². The van der Waals surface area contributed by atoms with E-state index in [0.29, 0.717) is 9.88 Å². The van der Waals surface area contributed by atoms with Gasteiger partial charge < -0.3 is 5.11 Å². The number of hydrazone groups is 1. The van der Waals surface area contributed by atoms with Crippen LogP contribution >= 0.6 is 24.0 Å². The molecule has 1 N–H and O–H groups in total.